The molecule has 0 unspecified atom stereocenters. The Kier molecular flexibility index (Phi) is 4.59. The first-order valence-electron chi connectivity index (χ1n) is 7.80. The van der Waals surface area contributed by atoms with Crippen LogP contribution in [0.15, 0.2) is 15.0 Å². The summed E-state index contributed by atoms with van der Waals surface area (Å²) in [7, 11) is 0. The number of nitrogens with one attached hydrogen (secondary N) is 1. The van der Waals surface area contributed by atoms with E-state index in [-0.39, 0.29) is 6.04 Å². The van der Waals surface area contributed by atoms with Crippen LogP contribution in [0.3, 0.4) is 0 Å². The van der Waals surface area contributed by atoms with Gasteiger partial charge in [0.2, 0.25) is 5.89 Å². The molecule has 1 aliphatic rings. The van der Waals surface area contributed by atoms with E-state index in [1.165, 1.54) is 5.56 Å². The molecule has 0 bridgehead atoms. The molecule has 1 aliphatic heterocycles. The molecular weight excluding hydrogens is 282 g/mol. The van der Waals surface area contributed by atoms with Gasteiger partial charge in [-0.05, 0) is 45.6 Å². The van der Waals surface area contributed by atoms with E-state index in [1.54, 1.807) is 0 Å². The topological polar surface area (TPSA) is 73.3 Å². The first-order chi connectivity index (χ1) is 10.6. The van der Waals surface area contributed by atoms with Crippen LogP contribution in [0, 0.1) is 26.7 Å². The summed E-state index contributed by atoms with van der Waals surface area (Å²) in [5.74, 6) is 3.68. The monoisotopic (exact) mass is 305 g/mol. The first kappa shape index (κ1) is 15.2. The maximum absolute atomic E-state index is 5.59. The first-order valence-corrected chi connectivity index (χ1v) is 7.80. The fraction of sp³-hybridized carbons (Fsp3) is 0.625. The van der Waals surface area contributed by atoms with Crippen LogP contribution in [0.5, 0.6) is 0 Å². The molecule has 22 heavy (non-hydrogen) atoms. The third kappa shape index (κ3) is 3.39. The number of rotatable bonds is 5. The fourth-order valence-corrected chi connectivity index (χ4v) is 3.02. The van der Waals surface area contributed by atoms with E-state index < -0.39 is 0 Å². The van der Waals surface area contributed by atoms with Crippen LogP contribution in [0.4, 0.5) is 0 Å². The number of hydrogen-bond acceptors (Lipinski definition) is 6. The van der Waals surface area contributed by atoms with Gasteiger partial charge in [0, 0.05) is 25.3 Å². The Bertz CT molecular complexity index is 614. The Morgan fingerprint density at radius 2 is 2.05 bits per heavy atom. The van der Waals surface area contributed by atoms with Gasteiger partial charge in [0.05, 0.1) is 6.04 Å². The maximum Gasteiger partial charge on any atom is 0.244 e. The molecule has 3 heterocycles. The summed E-state index contributed by atoms with van der Waals surface area (Å²) in [6, 6.07) is 2.13. The minimum Gasteiger partial charge on any atom is -0.466 e. The molecule has 1 atom stereocenters. The summed E-state index contributed by atoms with van der Waals surface area (Å²) in [4.78, 5) is 4.42. The van der Waals surface area contributed by atoms with Gasteiger partial charge in [-0.25, -0.2) is 0 Å². The molecule has 2 aromatic rings. The van der Waals surface area contributed by atoms with Crippen LogP contribution in [-0.2, 0) is 11.3 Å². The quantitative estimate of drug-likeness (QED) is 0.915. The average molecular weight is 305 g/mol. The minimum absolute atomic E-state index is 0.0553. The van der Waals surface area contributed by atoms with Crippen LogP contribution in [0.25, 0.3) is 0 Å². The van der Waals surface area contributed by atoms with E-state index in [1.807, 2.05) is 20.8 Å². The standard InChI is InChI=1S/C16H23N3O3/c1-10-8-14(11(2)21-10)9-17-15(13-4-6-20-7-5-13)16-18-12(3)19-22-16/h8,13,15,17H,4-7,9H2,1-3H3/t15-/m0/s1. The maximum atomic E-state index is 5.59. The Hall–Kier alpha value is -1.66. The molecule has 120 valence electrons. The third-order valence-corrected chi connectivity index (χ3v) is 4.20. The van der Waals surface area contributed by atoms with Crippen molar-refractivity contribution in [2.24, 2.45) is 5.92 Å². The highest BCUT2D eigenvalue weighted by Gasteiger charge is 2.29. The zero-order chi connectivity index (χ0) is 15.5. The highest BCUT2D eigenvalue weighted by Crippen LogP contribution is 2.30. The summed E-state index contributed by atoms with van der Waals surface area (Å²) < 4.78 is 16.5. The number of furan rings is 1. The molecule has 0 aliphatic carbocycles. The van der Waals surface area contributed by atoms with Crippen molar-refractivity contribution in [1.82, 2.24) is 15.5 Å². The molecule has 0 aromatic carbocycles. The molecule has 1 N–H and O–H groups in total. The van der Waals surface area contributed by atoms with Crippen LogP contribution >= 0.6 is 0 Å². The van der Waals surface area contributed by atoms with E-state index in [2.05, 4.69) is 21.5 Å². The lowest BCUT2D eigenvalue weighted by Gasteiger charge is -2.28. The van der Waals surface area contributed by atoms with Gasteiger partial charge in [-0.3, -0.25) is 0 Å². The SMILES string of the molecule is Cc1noc([C@@H](NCc2cc(C)oc2C)C2CCOCC2)n1. The van der Waals surface area contributed by atoms with E-state index in [4.69, 9.17) is 13.7 Å². The van der Waals surface area contributed by atoms with E-state index in [9.17, 15) is 0 Å². The van der Waals surface area contributed by atoms with Gasteiger partial charge in [-0.2, -0.15) is 4.98 Å². The van der Waals surface area contributed by atoms with Crippen LogP contribution in [0.1, 0.15) is 47.7 Å². The van der Waals surface area contributed by atoms with Gasteiger partial charge in [0.1, 0.15) is 11.5 Å². The zero-order valence-electron chi connectivity index (χ0n) is 13.4. The average Bonchev–Trinajstić information content (AvgIpc) is 3.06. The normalized spacial score (nSPS) is 17.8. The molecule has 0 spiro atoms. The van der Waals surface area contributed by atoms with Crippen LogP contribution < -0.4 is 5.32 Å². The van der Waals surface area contributed by atoms with Crippen molar-refractivity contribution in [2.45, 2.75) is 46.2 Å². The lowest BCUT2D eigenvalue weighted by molar-refractivity contribution is 0.0485. The van der Waals surface area contributed by atoms with Gasteiger partial charge >= 0.3 is 0 Å². The number of hydrogen-bond donors (Lipinski definition) is 1. The molecule has 2 aromatic heterocycles. The minimum atomic E-state index is 0.0553. The van der Waals surface area contributed by atoms with Crippen molar-refractivity contribution in [3.63, 3.8) is 0 Å². The summed E-state index contributed by atoms with van der Waals surface area (Å²) >= 11 is 0. The fourth-order valence-electron chi connectivity index (χ4n) is 3.02. The van der Waals surface area contributed by atoms with E-state index >= 15 is 0 Å². The number of aromatic nitrogens is 2. The molecule has 1 fully saturated rings. The Balaban J connectivity index is 1.74. The summed E-state index contributed by atoms with van der Waals surface area (Å²) in [6.45, 7) is 8.11. The number of aryl methyl sites for hydroxylation is 3. The molecule has 6 nitrogen and oxygen atoms in total. The lowest BCUT2D eigenvalue weighted by Crippen LogP contribution is -2.32. The summed E-state index contributed by atoms with van der Waals surface area (Å²) in [6.07, 6.45) is 2.00. The van der Waals surface area contributed by atoms with Crippen molar-refractivity contribution < 1.29 is 13.7 Å². The smallest absolute Gasteiger partial charge is 0.244 e. The second-order valence-corrected chi connectivity index (χ2v) is 5.93. The molecular formula is C16H23N3O3. The molecule has 0 saturated carbocycles. The zero-order valence-corrected chi connectivity index (χ0v) is 13.4. The van der Waals surface area contributed by atoms with Gasteiger partial charge < -0.3 is 19.0 Å². The lowest BCUT2D eigenvalue weighted by atomic mass is 9.91. The van der Waals surface area contributed by atoms with Gasteiger partial charge in [-0.1, -0.05) is 5.16 Å². The van der Waals surface area contributed by atoms with Crippen molar-refractivity contribution in [3.8, 4) is 0 Å². The molecule has 0 radical (unpaired) electrons. The second-order valence-electron chi connectivity index (χ2n) is 5.93. The van der Waals surface area contributed by atoms with Crippen molar-refractivity contribution in [1.29, 1.82) is 0 Å². The summed E-state index contributed by atoms with van der Waals surface area (Å²) in [5, 5.41) is 7.51. The predicted molar refractivity (Wildman–Crippen MR) is 80.3 cm³/mol. The Morgan fingerprint density at radius 1 is 1.27 bits per heavy atom. The number of nitrogens with zero attached hydrogens (tertiary/aromatic N) is 2. The van der Waals surface area contributed by atoms with Gasteiger partial charge in [0.15, 0.2) is 5.82 Å². The second kappa shape index (κ2) is 6.62. The highest BCUT2D eigenvalue weighted by molar-refractivity contribution is 5.20. The largest absolute Gasteiger partial charge is 0.466 e. The third-order valence-electron chi connectivity index (χ3n) is 4.20. The van der Waals surface area contributed by atoms with E-state index in [0.717, 1.165) is 44.1 Å². The highest BCUT2D eigenvalue weighted by atomic mass is 16.5. The van der Waals surface area contributed by atoms with Crippen LogP contribution in [0.2, 0.25) is 0 Å². The van der Waals surface area contributed by atoms with Gasteiger partial charge in [0.25, 0.3) is 0 Å². The molecule has 1 saturated heterocycles. The molecule has 3 rings (SSSR count). The molecule has 6 heteroatoms. The summed E-state index contributed by atoms with van der Waals surface area (Å²) in [5.41, 5.74) is 1.17. The Labute approximate surface area is 130 Å². The van der Waals surface area contributed by atoms with Crippen molar-refractivity contribution >= 4 is 0 Å². The predicted octanol–water partition coefficient (Wildman–Crippen LogP) is 2.85. The van der Waals surface area contributed by atoms with Gasteiger partial charge in [-0.15, -0.1) is 0 Å². The van der Waals surface area contributed by atoms with Crippen molar-refractivity contribution in [2.75, 3.05) is 13.2 Å². The molecule has 0 amide bonds. The van der Waals surface area contributed by atoms with E-state index in [0.29, 0.717) is 17.6 Å². The van der Waals surface area contributed by atoms with Crippen molar-refractivity contribution in [3.05, 3.63) is 34.9 Å². The number of ether oxygens (including phenoxy) is 1. The van der Waals surface area contributed by atoms with Crippen LogP contribution in [-0.4, -0.2) is 23.4 Å². The Morgan fingerprint density at radius 3 is 2.64 bits per heavy atom.